The number of hydrogen-bond donors (Lipinski definition) is 0. The van der Waals surface area contributed by atoms with Crippen molar-refractivity contribution in [1.29, 1.82) is 0 Å². The maximum absolute atomic E-state index is 6.33. The van der Waals surface area contributed by atoms with Gasteiger partial charge in [-0.2, -0.15) is 0 Å². The molecule has 0 unspecified atom stereocenters. The topological polar surface area (TPSA) is 21.3 Å². The average molecular weight is 861 g/mol. The Morgan fingerprint density at radius 2 is 1.06 bits per heavy atom. The van der Waals surface area contributed by atoms with Gasteiger partial charge in [-0.1, -0.05) is 165 Å². The zero-order chi connectivity index (χ0) is 44.3. The highest BCUT2D eigenvalue weighted by atomic mass is 16.3. The van der Waals surface area contributed by atoms with E-state index < -0.39 is 0 Å². The molecule has 2 aromatic heterocycles. The molecule has 0 bridgehead atoms. The quantitative estimate of drug-likeness (QED) is 0.152. The zero-order valence-corrected chi connectivity index (χ0v) is 37.3. The molecule has 0 atom stereocenters. The molecule has 1 fully saturated rings. The van der Waals surface area contributed by atoms with E-state index in [4.69, 9.17) is 4.42 Å². The van der Waals surface area contributed by atoms with Crippen LogP contribution in [0, 0.1) is 0 Å². The van der Waals surface area contributed by atoms with Crippen molar-refractivity contribution in [2.24, 2.45) is 0 Å². The van der Waals surface area contributed by atoms with E-state index in [1.165, 1.54) is 92.5 Å². The second kappa shape index (κ2) is 16.4. The second-order valence-electron chi connectivity index (χ2n) is 18.3. The minimum Gasteiger partial charge on any atom is -0.456 e. The maximum atomic E-state index is 6.33. The Hall–Kier alpha value is -8.14. The minimum atomic E-state index is 0.573. The number of fused-ring (bicyclic) bond motifs is 7. The summed E-state index contributed by atoms with van der Waals surface area (Å²) in [5.74, 6) is 0.573. The van der Waals surface area contributed by atoms with E-state index >= 15 is 0 Å². The standard InChI is InChI=1S/C64H48N2O/c1-3-16-44(17-4-1)52-27-14-18-45-19-15-28-57(64(45)52)53-24-7-10-29-59(53)65(50-36-32-43(33-37-50)48-34-38-56-55-26-9-12-31-62(55)67-63(56)42-48)51-23-13-20-46(40-51)47-35-39-61-58(41-47)54-25-8-11-30-60(54)66(61)49-21-5-2-6-22-49/h2,5-15,18-42,44H,1,3-4,16-17H2. The van der Waals surface area contributed by atoms with Crippen molar-refractivity contribution in [3.05, 3.63) is 230 Å². The lowest BCUT2D eigenvalue weighted by molar-refractivity contribution is 0.445. The number of furan rings is 1. The third-order valence-electron chi connectivity index (χ3n) is 14.4. The normalized spacial score (nSPS) is 13.3. The summed E-state index contributed by atoms with van der Waals surface area (Å²) in [7, 11) is 0. The molecule has 67 heavy (non-hydrogen) atoms. The Morgan fingerprint density at radius 3 is 1.94 bits per heavy atom. The second-order valence-corrected chi connectivity index (χ2v) is 18.3. The van der Waals surface area contributed by atoms with Crippen LogP contribution in [0.4, 0.5) is 17.1 Å². The summed E-state index contributed by atoms with van der Waals surface area (Å²) in [6.45, 7) is 0. The van der Waals surface area contributed by atoms with Gasteiger partial charge in [0.05, 0.1) is 16.7 Å². The van der Waals surface area contributed by atoms with Crippen LogP contribution in [0.25, 0.3) is 93.6 Å². The first kappa shape index (κ1) is 39.2. The van der Waals surface area contributed by atoms with Gasteiger partial charge in [0.25, 0.3) is 0 Å². The van der Waals surface area contributed by atoms with Crippen LogP contribution in [0.1, 0.15) is 43.6 Å². The van der Waals surface area contributed by atoms with Gasteiger partial charge in [0, 0.05) is 44.2 Å². The van der Waals surface area contributed by atoms with Crippen molar-refractivity contribution in [2.75, 3.05) is 4.90 Å². The van der Waals surface area contributed by atoms with Crippen LogP contribution in [-0.4, -0.2) is 4.57 Å². The molecule has 10 aromatic carbocycles. The van der Waals surface area contributed by atoms with Gasteiger partial charge in [0.2, 0.25) is 0 Å². The Kier molecular flexibility index (Phi) is 9.60. The predicted molar refractivity (Wildman–Crippen MR) is 282 cm³/mol. The first-order valence-electron chi connectivity index (χ1n) is 23.9. The molecule has 0 saturated heterocycles. The highest BCUT2D eigenvalue weighted by Gasteiger charge is 2.23. The van der Waals surface area contributed by atoms with E-state index in [2.05, 4.69) is 222 Å². The lowest BCUT2D eigenvalue weighted by atomic mass is 9.80. The van der Waals surface area contributed by atoms with Gasteiger partial charge in [-0.15, -0.1) is 0 Å². The molecule has 1 aliphatic rings. The minimum absolute atomic E-state index is 0.573. The van der Waals surface area contributed by atoms with Gasteiger partial charge in [0.1, 0.15) is 11.2 Å². The summed E-state index contributed by atoms with van der Waals surface area (Å²) in [5, 5.41) is 7.46. The van der Waals surface area contributed by atoms with E-state index in [1.54, 1.807) is 0 Å². The molecule has 320 valence electrons. The van der Waals surface area contributed by atoms with Crippen LogP contribution in [0.15, 0.2) is 229 Å². The summed E-state index contributed by atoms with van der Waals surface area (Å²) < 4.78 is 8.71. The molecule has 2 heterocycles. The number of hydrogen-bond acceptors (Lipinski definition) is 2. The number of para-hydroxylation sites is 4. The van der Waals surface area contributed by atoms with Gasteiger partial charge < -0.3 is 13.9 Å². The first-order chi connectivity index (χ1) is 33.2. The third kappa shape index (κ3) is 6.81. The first-order valence-corrected chi connectivity index (χ1v) is 23.9. The highest BCUT2D eigenvalue weighted by Crippen LogP contribution is 2.47. The molecular formula is C64H48N2O. The SMILES string of the molecule is c1ccc(-n2c3ccccc3c3cc(-c4cccc(N(c5ccc(-c6ccc7c(c6)oc6ccccc67)cc5)c5ccccc5-c5cccc6cccc(C7CCCCC7)c56)c4)ccc32)cc1. The van der Waals surface area contributed by atoms with Crippen LogP contribution < -0.4 is 4.90 Å². The van der Waals surface area contributed by atoms with Gasteiger partial charge in [-0.25, -0.2) is 0 Å². The number of anilines is 3. The molecule has 3 nitrogen and oxygen atoms in total. The summed E-state index contributed by atoms with van der Waals surface area (Å²) in [6, 6.07) is 82.4. The smallest absolute Gasteiger partial charge is 0.136 e. The van der Waals surface area contributed by atoms with Crippen LogP contribution >= 0.6 is 0 Å². The lowest BCUT2D eigenvalue weighted by Crippen LogP contribution is -2.11. The molecular weight excluding hydrogens is 813 g/mol. The van der Waals surface area contributed by atoms with Crippen molar-refractivity contribution in [1.82, 2.24) is 4.57 Å². The van der Waals surface area contributed by atoms with E-state index in [-0.39, 0.29) is 0 Å². The monoisotopic (exact) mass is 860 g/mol. The molecule has 3 heteroatoms. The lowest BCUT2D eigenvalue weighted by Gasteiger charge is -2.29. The number of rotatable bonds is 8. The summed E-state index contributed by atoms with van der Waals surface area (Å²) in [6.07, 6.45) is 6.44. The van der Waals surface area contributed by atoms with Crippen molar-refractivity contribution in [3.63, 3.8) is 0 Å². The Morgan fingerprint density at radius 1 is 0.403 bits per heavy atom. The molecule has 12 aromatic rings. The highest BCUT2D eigenvalue weighted by molar-refractivity contribution is 6.11. The van der Waals surface area contributed by atoms with Crippen molar-refractivity contribution in [3.8, 4) is 39.1 Å². The molecule has 0 N–H and O–H groups in total. The third-order valence-corrected chi connectivity index (χ3v) is 14.4. The summed E-state index contributed by atoms with van der Waals surface area (Å²) >= 11 is 0. The van der Waals surface area contributed by atoms with E-state index in [0.717, 1.165) is 55.8 Å². The zero-order valence-electron chi connectivity index (χ0n) is 37.3. The van der Waals surface area contributed by atoms with Crippen molar-refractivity contribution >= 4 is 71.6 Å². The molecule has 1 saturated carbocycles. The molecule has 0 amide bonds. The largest absolute Gasteiger partial charge is 0.456 e. The van der Waals surface area contributed by atoms with Crippen LogP contribution in [0.5, 0.6) is 0 Å². The fourth-order valence-corrected chi connectivity index (χ4v) is 11.2. The van der Waals surface area contributed by atoms with Gasteiger partial charge in [0.15, 0.2) is 0 Å². The molecule has 1 aliphatic carbocycles. The fourth-order valence-electron chi connectivity index (χ4n) is 11.2. The van der Waals surface area contributed by atoms with Gasteiger partial charge in [-0.05, 0) is 142 Å². The van der Waals surface area contributed by atoms with E-state index in [0.29, 0.717) is 5.92 Å². The van der Waals surface area contributed by atoms with Crippen molar-refractivity contribution in [2.45, 2.75) is 38.0 Å². The number of benzene rings is 10. The fraction of sp³-hybridized carbons (Fsp3) is 0.0938. The van der Waals surface area contributed by atoms with Crippen LogP contribution in [0.2, 0.25) is 0 Å². The van der Waals surface area contributed by atoms with Gasteiger partial charge in [-0.3, -0.25) is 0 Å². The van der Waals surface area contributed by atoms with E-state index in [9.17, 15) is 0 Å². The average Bonchev–Trinajstić information content (AvgIpc) is 3.94. The Labute approximate surface area is 390 Å². The van der Waals surface area contributed by atoms with Crippen LogP contribution in [-0.2, 0) is 0 Å². The molecule has 0 aliphatic heterocycles. The number of nitrogens with zero attached hydrogens (tertiary/aromatic N) is 2. The van der Waals surface area contributed by atoms with Gasteiger partial charge >= 0.3 is 0 Å². The van der Waals surface area contributed by atoms with Crippen molar-refractivity contribution < 1.29 is 4.42 Å². The Bertz CT molecular complexity index is 3790. The molecule has 0 spiro atoms. The molecule has 13 rings (SSSR count). The number of aromatic nitrogens is 1. The molecule has 0 radical (unpaired) electrons. The summed E-state index contributed by atoms with van der Waals surface area (Å²) in [4.78, 5) is 2.47. The van der Waals surface area contributed by atoms with Crippen LogP contribution in [0.3, 0.4) is 0 Å². The summed E-state index contributed by atoms with van der Waals surface area (Å²) in [5.41, 5.74) is 17.3. The Balaban J connectivity index is 0.969. The maximum Gasteiger partial charge on any atom is 0.136 e. The van der Waals surface area contributed by atoms with E-state index in [1.807, 2.05) is 12.1 Å². The predicted octanol–water partition coefficient (Wildman–Crippen LogP) is 18.4.